The summed E-state index contributed by atoms with van der Waals surface area (Å²) in [4.78, 5) is 37.1. The van der Waals surface area contributed by atoms with Crippen molar-refractivity contribution in [3.05, 3.63) is 184 Å². The van der Waals surface area contributed by atoms with E-state index >= 15 is 0 Å². The second-order valence-electron chi connectivity index (χ2n) is 18.1. The summed E-state index contributed by atoms with van der Waals surface area (Å²) >= 11 is 58.3. The summed E-state index contributed by atoms with van der Waals surface area (Å²) in [7, 11) is 0. The minimum Gasteiger partial charge on any atom is -0.354 e. The van der Waals surface area contributed by atoms with Crippen molar-refractivity contribution < 1.29 is 0 Å². The summed E-state index contributed by atoms with van der Waals surface area (Å²) in [5.74, 6) is 0. The fourth-order valence-electron chi connectivity index (χ4n) is 10.4. The topological polar surface area (TPSA) is 204 Å². The minimum absolute atomic E-state index is 0.173. The highest BCUT2D eigenvalue weighted by molar-refractivity contribution is 6.43. The molecule has 6 aromatic carbocycles. The van der Waals surface area contributed by atoms with Crippen molar-refractivity contribution in [3.8, 4) is 114 Å². The number of nitriles is 4. The zero-order valence-corrected chi connectivity index (χ0v) is 46.1. The van der Waals surface area contributed by atoms with E-state index in [1.165, 1.54) is 0 Å². The van der Waals surface area contributed by atoms with Gasteiger partial charge in [-0.25, -0.2) is 29.9 Å². The van der Waals surface area contributed by atoms with E-state index in [0.29, 0.717) is 112 Å². The molecule has 80 heavy (non-hydrogen) atoms. The van der Waals surface area contributed by atoms with Gasteiger partial charge >= 0.3 is 0 Å². The third-order valence-electron chi connectivity index (χ3n) is 13.7. The number of hydrogen-bond donors (Lipinski definition) is 2. The van der Waals surface area contributed by atoms with Crippen molar-refractivity contribution in [2.24, 2.45) is 0 Å². The lowest BCUT2D eigenvalue weighted by Gasteiger charge is -2.13. The average molecular weight is 1190 g/mol. The van der Waals surface area contributed by atoms with Crippen LogP contribution in [0.15, 0.2) is 121 Å². The fourth-order valence-corrected chi connectivity index (χ4v) is 12.7. The van der Waals surface area contributed by atoms with Crippen LogP contribution in [0.4, 0.5) is 0 Å². The minimum atomic E-state index is -0.173. The molecule has 0 unspecified atom stereocenters. The lowest BCUT2D eigenvalue weighted by atomic mass is 9.94. The van der Waals surface area contributed by atoms with E-state index in [1.54, 1.807) is 97.1 Å². The molecule has 0 saturated carbocycles. The van der Waals surface area contributed by atoms with Crippen LogP contribution in [-0.2, 0) is 0 Å². The van der Waals surface area contributed by atoms with Crippen LogP contribution in [0.1, 0.15) is 22.8 Å². The van der Waals surface area contributed by atoms with Crippen LogP contribution in [0.25, 0.3) is 134 Å². The zero-order chi connectivity index (χ0) is 55.4. The van der Waals surface area contributed by atoms with E-state index in [9.17, 15) is 21.0 Å². The smallest absolute Gasteiger partial charge is 0.177 e. The molecule has 0 atom stereocenters. The molecule has 0 aliphatic carbocycles. The maximum absolute atomic E-state index is 10.2. The normalized spacial score (nSPS) is 11.4. The second kappa shape index (κ2) is 19.6. The first-order chi connectivity index (χ1) is 38.8. The number of nitrogens with zero attached hydrogens (tertiary/aromatic N) is 10. The maximum atomic E-state index is 10.2. The van der Waals surface area contributed by atoms with Gasteiger partial charge in [-0.05, 0) is 97.1 Å². The summed E-state index contributed by atoms with van der Waals surface area (Å²) in [5, 5.41) is 42.8. The van der Waals surface area contributed by atoms with E-state index < -0.39 is 0 Å². The van der Waals surface area contributed by atoms with Gasteiger partial charge in [-0.3, -0.25) is 0 Å². The third-order valence-corrected chi connectivity index (χ3v) is 16.3. The Balaban J connectivity index is 1.35. The number of fused-ring (bicyclic) bond motifs is 16. The van der Waals surface area contributed by atoms with Gasteiger partial charge in [0, 0.05) is 88.8 Å². The molecule has 0 fully saturated rings. The van der Waals surface area contributed by atoms with Gasteiger partial charge in [-0.1, -0.05) is 117 Å². The van der Waals surface area contributed by atoms with E-state index in [0.717, 1.165) is 0 Å². The number of benzene rings is 6. The molecule has 5 aromatic heterocycles. The molecular formula is C60H22Cl8N12. The van der Waals surface area contributed by atoms with Crippen molar-refractivity contribution in [3.63, 3.8) is 0 Å². The monoisotopic (exact) mass is 1190 g/mol. The molecule has 13 rings (SSSR count). The Morgan fingerprint density at radius 3 is 0.662 bits per heavy atom. The highest BCUT2D eigenvalue weighted by Gasteiger charge is 2.33. The summed E-state index contributed by atoms with van der Waals surface area (Å²) in [6, 6.07) is 43.0. The molecule has 0 radical (unpaired) electrons. The third kappa shape index (κ3) is 8.00. The van der Waals surface area contributed by atoms with E-state index in [4.69, 9.17) is 103 Å². The first-order valence-electron chi connectivity index (χ1n) is 23.7. The number of nitrogens with one attached hydrogen (secondary N) is 2. The molecule has 12 nitrogen and oxygen atoms in total. The van der Waals surface area contributed by atoms with Gasteiger partial charge in [-0.2, -0.15) is 21.0 Å². The maximum Gasteiger partial charge on any atom is 0.177 e. The van der Waals surface area contributed by atoms with Gasteiger partial charge in [0.05, 0.1) is 85.0 Å². The number of H-pyrrole nitrogens is 2. The number of halogens is 8. The van der Waals surface area contributed by atoms with Crippen LogP contribution in [0.2, 0.25) is 40.2 Å². The van der Waals surface area contributed by atoms with Crippen LogP contribution in [-0.4, -0.2) is 39.9 Å². The first-order valence-corrected chi connectivity index (χ1v) is 26.7. The van der Waals surface area contributed by atoms with Crippen molar-refractivity contribution in [2.75, 3.05) is 0 Å². The molecule has 0 amide bonds. The lowest BCUT2D eigenvalue weighted by molar-refractivity contribution is 1.20. The molecule has 20 heteroatoms. The Kier molecular flexibility index (Phi) is 12.5. The summed E-state index contributed by atoms with van der Waals surface area (Å²) in [6.45, 7) is 0. The largest absolute Gasteiger partial charge is 0.354 e. The van der Waals surface area contributed by atoms with Crippen LogP contribution in [0, 0.1) is 45.3 Å². The molecule has 378 valence electrons. The van der Waals surface area contributed by atoms with Crippen LogP contribution in [0.3, 0.4) is 0 Å². The molecule has 2 N–H and O–H groups in total. The summed E-state index contributed by atoms with van der Waals surface area (Å²) in [6.07, 6.45) is 0. The van der Waals surface area contributed by atoms with Gasteiger partial charge in [0.25, 0.3) is 0 Å². The zero-order valence-electron chi connectivity index (χ0n) is 40.0. The van der Waals surface area contributed by atoms with Crippen LogP contribution in [0.5, 0.6) is 0 Å². The van der Waals surface area contributed by atoms with Gasteiger partial charge in [0.2, 0.25) is 0 Å². The highest BCUT2D eigenvalue weighted by atomic mass is 35.5. The van der Waals surface area contributed by atoms with Crippen molar-refractivity contribution in [1.29, 1.82) is 21.0 Å². The van der Waals surface area contributed by atoms with Crippen molar-refractivity contribution >= 4 is 137 Å². The van der Waals surface area contributed by atoms with Crippen molar-refractivity contribution in [2.45, 2.75) is 0 Å². The number of aromatic nitrogens is 8. The van der Waals surface area contributed by atoms with Crippen LogP contribution >= 0.6 is 92.8 Å². The Hall–Kier alpha value is -8.60. The molecule has 8 bridgehead atoms. The molecule has 0 saturated heterocycles. The summed E-state index contributed by atoms with van der Waals surface area (Å²) in [5.41, 5.74) is 8.81. The molecule has 0 spiro atoms. The predicted molar refractivity (Wildman–Crippen MR) is 317 cm³/mol. The van der Waals surface area contributed by atoms with Crippen molar-refractivity contribution in [1.82, 2.24) is 39.9 Å². The Morgan fingerprint density at radius 1 is 0.275 bits per heavy atom. The lowest BCUT2D eigenvalue weighted by Crippen LogP contribution is -1.97. The number of hydrogen-bond acceptors (Lipinski definition) is 10. The quantitative estimate of drug-likeness (QED) is 0.171. The van der Waals surface area contributed by atoms with E-state index in [2.05, 4.69) is 29.9 Å². The molecule has 7 heterocycles. The predicted octanol–water partition coefficient (Wildman–Crippen LogP) is 18.3. The van der Waals surface area contributed by atoms with Gasteiger partial charge in [0.15, 0.2) is 22.8 Å². The van der Waals surface area contributed by atoms with Gasteiger partial charge in [-0.15, -0.1) is 0 Å². The summed E-state index contributed by atoms with van der Waals surface area (Å²) < 4.78 is 0. The van der Waals surface area contributed by atoms with Gasteiger partial charge in [0.1, 0.15) is 24.3 Å². The highest BCUT2D eigenvalue weighted by Crippen LogP contribution is 2.54. The van der Waals surface area contributed by atoms with E-state index in [1.807, 2.05) is 48.5 Å². The first kappa shape index (κ1) is 50.9. The molecule has 2 aliphatic heterocycles. The molecular weight excluding hydrogens is 1170 g/mol. The Bertz CT molecular complexity index is 4330. The van der Waals surface area contributed by atoms with E-state index in [-0.39, 0.29) is 85.0 Å². The molecule has 11 aromatic rings. The SMILES string of the molecule is N#Cc1nc2cc3c(cc2nc1C#N)-c1nc-3c(-c2c(Cl)cccc2Cl)c2ccc([nH]2)c(-c2c(Cl)cccc2Cl)c2nc(c(-c3c(Cl)cccc3Cl)c3ccc([nH]3)c1-c1c(Cl)cccc1Cl)-c1cc3nc(C#N)c(C#N)nc3cc1-2. The fraction of sp³-hybridized carbons (Fsp3) is 0. The average Bonchev–Trinajstić information content (AvgIpc) is 4.34. The second-order valence-corrected chi connectivity index (χ2v) is 21.4. The van der Waals surface area contributed by atoms with Gasteiger partial charge < -0.3 is 9.97 Å². The Labute approximate surface area is 492 Å². The molecule has 2 aliphatic rings. The number of rotatable bonds is 4. The Morgan fingerprint density at radius 2 is 0.475 bits per heavy atom. The number of aromatic amines is 2. The van der Waals surface area contributed by atoms with Crippen LogP contribution < -0.4 is 0 Å². The standard InChI is InChI=1S/C60H22Cl8N12/c61-29-5-1-6-30(62)49(29)53-37-13-14-38(73-37)54(50-31(63)7-2-8-32(50)64)59-27-19-43-44(78-48(24-72)47(23-71)77-43)20-28(27)60(80-59)56(52-35(67)11-4-12-36(52)68)40-16-15-39(74-40)55(51-33(65)9-3-10-34(51)66)58-26-18-42-41(17-25(26)57(53)79-58)75-45(21-69)46(22-70)76-42/h1-20,73-74H.